The zero-order chi connectivity index (χ0) is 21.5. The molecule has 6 nitrogen and oxygen atoms in total. The Morgan fingerprint density at radius 1 is 1.07 bits per heavy atom. The Balaban J connectivity index is 1.88. The number of rotatable bonds is 8. The number of amides is 1. The number of ether oxygens (including phenoxy) is 3. The number of carbonyl (C=O) groups excluding carboxylic acids is 2. The van der Waals surface area contributed by atoms with Crippen LogP contribution in [0, 0.1) is 5.92 Å². The van der Waals surface area contributed by atoms with Crippen molar-refractivity contribution in [2.45, 2.75) is 63.3 Å². The minimum atomic E-state index is -0.552. The predicted molar refractivity (Wildman–Crippen MR) is 118 cm³/mol. The number of unbranched alkanes of at least 4 members (excludes halogenated alkanes) is 1. The molecular weight excluding hydrogens is 402 g/mol. The van der Waals surface area contributed by atoms with Crippen molar-refractivity contribution < 1.29 is 23.8 Å². The monoisotopic (exact) mass is 435 g/mol. The van der Waals surface area contributed by atoms with Crippen molar-refractivity contribution >= 4 is 23.6 Å². The van der Waals surface area contributed by atoms with Gasteiger partial charge < -0.3 is 19.1 Å². The predicted octanol–water partition coefficient (Wildman–Crippen LogP) is 4.51. The fourth-order valence-electron chi connectivity index (χ4n) is 4.24. The topological polar surface area (TPSA) is 65.1 Å². The highest BCUT2D eigenvalue weighted by molar-refractivity contribution is 8.00. The number of carbonyl (C=O) groups is 2. The van der Waals surface area contributed by atoms with Crippen LogP contribution in [-0.2, 0) is 9.53 Å². The van der Waals surface area contributed by atoms with Gasteiger partial charge in [0.15, 0.2) is 0 Å². The molecule has 0 N–H and O–H groups in total. The zero-order valence-electron chi connectivity index (χ0n) is 18.2. The second-order valence-electron chi connectivity index (χ2n) is 7.97. The molecule has 0 spiro atoms. The molecule has 1 aliphatic carbocycles. The second-order valence-corrected chi connectivity index (χ2v) is 9.12. The first-order chi connectivity index (χ1) is 14.6. The van der Waals surface area contributed by atoms with Crippen LogP contribution in [-0.4, -0.2) is 54.8 Å². The molecule has 30 heavy (non-hydrogen) atoms. The molecule has 3 rings (SSSR count). The van der Waals surface area contributed by atoms with Gasteiger partial charge in [0.1, 0.15) is 17.5 Å². The van der Waals surface area contributed by atoms with Crippen molar-refractivity contribution in [3.63, 3.8) is 0 Å². The van der Waals surface area contributed by atoms with Crippen LogP contribution in [0.2, 0.25) is 0 Å². The minimum Gasteiger partial charge on any atom is -0.497 e. The van der Waals surface area contributed by atoms with Gasteiger partial charge in [-0.2, -0.15) is 0 Å². The molecule has 0 aromatic heterocycles. The summed E-state index contributed by atoms with van der Waals surface area (Å²) in [5.41, 5.74) is 0.473. The van der Waals surface area contributed by atoms with Crippen LogP contribution >= 0.6 is 11.8 Å². The van der Waals surface area contributed by atoms with Crippen LogP contribution < -0.4 is 9.47 Å². The van der Waals surface area contributed by atoms with Gasteiger partial charge in [-0.05, 0) is 37.3 Å². The molecule has 1 amide bonds. The maximum Gasteiger partial charge on any atom is 0.329 e. The Morgan fingerprint density at radius 2 is 1.73 bits per heavy atom. The molecule has 1 saturated carbocycles. The molecule has 1 aromatic carbocycles. The second kappa shape index (κ2) is 10.9. The van der Waals surface area contributed by atoms with E-state index in [2.05, 4.69) is 6.92 Å². The summed E-state index contributed by atoms with van der Waals surface area (Å²) in [5, 5.41) is -0.00118. The average molecular weight is 436 g/mol. The van der Waals surface area contributed by atoms with E-state index in [1.54, 1.807) is 49.1 Å². The summed E-state index contributed by atoms with van der Waals surface area (Å²) in [5.74, 6) is 1.65. The number of hydrogen-bond donors (Lipinski definition) is 0. The van der Waals surface area contributed by atoms with E-state index in [0.29, 0.717) is 35.3 Å². The van der Waals surface area contributed by atoms with Gasteiger partial charge in [-0.15, -0.1) is 11.8 Å². The maximum absolute atomic E-state index is 13.7. The third-order valence-electron chi connectivity index (χ3n) is 5.94. The first-order valence-electron chi connectivity index (χ1n) is 10.9. The van der Waals surface area contributed by atoms with Crippen molar-refractivity contribution in [1.82, 2.24) is 4.90 Å². The zero-order valence-corrected chi connectivity index (χ0v) is 19.0. The number of esters is 1. The van der Waals surface area contributed by atoms with E-state index >= 15 is 0 Å². The fraction of sp³-hybridized carbons (Fsp3) is 0.652. The molecule has 7 heteroatoms. The number of nitrogens with zero attached hydrogens (tertiary/aromatic N) is 1. The van der Waals surface area contributed by atoms with Crippen molar-refractivity contribution in [1.29, 1.82) is 0 Å². The van der Waals surface area contributed by atoms with E-state index in [1.165, 1.54) is 19.3 Å². The molecule has 1 heterocycles. The van der Waals surface area contributed by atoms with Gasteiger partial charge >= 0.3 is 5.97 Å². The minimum absolute atomic E-state index is 0.00118. The summed E-state index contributed by atoms with van der Waals surface area (Å²) in [7, 11) is 3.13. The third kappa shape index (κ3) is 5.23. The lowest BCUT2D eigenvalue weighted by atomic mass is 9.88. The van der Waals surface area contributed by atoms with Crippen molar-refractivity contribution in [3.05, 3.63) is 23.8 Å². The van der Waals surface area contributed by atoms with Crippen LogP contribution in [0.5, 0.6) is 11.5 Å². The normalized spacial score (nSPS) is 22.0. The van der Waals surface area contributed by atoms with Gasteiger partial charge in [0, 0.05) is 17.4 Å². The third-order valence-corrected chi connectivity index (χ3v) is 7.40. The number of thioether (sulfide) groups is 1. The summed E-state index contributed by atoms with van der Waals surface area (Å²) in [4.78, 5) is 28.3. The van der Waals surface area contributed by atoms with E-state index in [1.807, 2.05) is 0 Å². The highest BCUT2D eigenvalue weighted by Gasteiger charge is 2.46. The lowest BCUT2D eigenvalue weighted by Gasteiger charge is -2.35. The van der Waals surface area contributed by atoms with Gasteiger partial charge in [0.05, 0.1) is 26.2 Å². The van der Waals surface area contributed by atoms with Gasteiger partial charge in [0.2, 0.25) is 0 Å². The summed E-state index contributed by atoms with van der Waals surface area (Å²) in [6, 6.07) is 4.62. The molecule has 166 valence electrons. The summed E-state index contributed by atoms with van der Waals surface area (Å²) < 4.78 is 16.2. The average Bonchev–Trinajstić information content (AvgIpc) is 3.24. The Morgan fingerprint density at radius 3 is 2.33 bits per heavy atom. The first kappa shape index (κ1) is 22.8. The fourth-order valence-corrected chi connectivity index (χ4v) is 5.87. The van der Waals surface area contributed by atoms with Crippen LogP contribution in [0.1, 0.15) is 62.2 Å². The molecule has 2 aliphatic rings. The molecule has 1 aromatic rings. The quantitative estimate of drug-likeness (QED) is 0.442. The number of benzene rings is 1. The lowest BCUT2D eigenvalue weighted by Crippen LogP contribution is -2.48. The van der Waals surface area contributed by atoms with Crippen LogP contribution in [0.3, 0.4) is 0 Å². The number of hydrogen-bond acceptors (Lipinski definition) is 6. The van der Waals surface area contributed by atoms with E-state index in [4.69, 9.17) is 14.2 Å². The van der Waals surface area contributed by atoms with Crippen LogP contribution in [0.4, 0.5) is 0 Å². The van der Waals surface area contributed by atoms with Crippen molar-refractivity contribution in [2.24, 2.45) is 5.92 Å². The first-order valence-corrected chi connectivity index (χ1v) is 12.0. The van der Waals surface area contributed by atoms with Gasteiger partial charge in [-0.25, -0.2) is 4.79 Å². The Labute approximate surface area is 183 Å². The van der Waals surface area contributed by atoms with E-state index in [9.17, 15) is 9.59 Å². The molecule has 0 radical (unpaired) electrons. The van der Waals surface area contributed by atoms with Crippen LogP contribution in [0.25, 0.3) is 0 Å². The van der Waals surface area contributed by atoms with Gasteiger partial charge in [-0.1, -0.05) is 32.6 Å². The molecule has 2 fully saturated rings. The number of methoxy groups -OCH3 is 2. The van der Waals surface area contributed by atoms with Gasteiger partial charge in [0.25, 0.3) is 5.91 Å². The van der Waals surface area contributed by atoms with Crippen molar-refractivity contribution in [3.8, 4) is 11.5 Å². The summed E-state index contributed by atoms with van der Waals surface area (Å²) in [6.07, 6.45) is 7.60. The molecular formula is C23H33NO5S. The highest BCUT2D eigenvalue weighted by Crippen LogP contribution is 2.41. The van der Waals surface area contributed by atoms with E-state index in [-0.39, 0.29) is 17.3 Å². The standard InChI is InChI=1S/C23H33NO5S/c1-4-5-11-29-23(26)20-15-30-22(16-9-7-6-8-10-16)24(20)21(25)17-12-18(27-2)14-19(13-17)28-3/h12-14,16,20,22H,4-11,15H2,1-3H3. The lowest BCUT2D eigenvalue weighted by molar-refractivity contribution is -0.148. The largest absolute Gasteiger partial charge is 0.497 e. The Hall–Kier alpha value is -1.89. The van der Waals surface area contributed by atoms with E-state index in [0.717, 1.165) is 25.7 Å². The SMILES string of the molecule is CCCCOC(=O)C1CSC(C2CCCCC2)N1C(=O)c1cc(OC)cc(OC)c1. The molecule has 0 bridgehead atoms. The molecule has 1 saturated heterocycles. The van der Waals surface area contributed by atoms with E-state index < -0.39 is 6.04 Å². The highest BCUT2D eigenvalue weighted by atomic mass is 32.2. The Bertz CT molecular complexity index is 712. The van der Waals surface area contributed by atoms with Crippen LogP contribution in [0.15, 0.2) is 18.2 Å². The smallest absolute Gasteiger partial charge is 0.329 e. The Kier molecular flexibility index (Phi) is 8.31. The molecule has 1 aliphatic heterocycles. The van der Waals surface area contributed by atoms with Crippen molar-refractivity contribution in [2.75, 3.05) is 26.6 Å². The van der Waals surface area contributed by atoms with Gasteiger partial charge in [-0.3, -0.25) is 4.79 Å². The summed E-state index contributed by atoms with van der Waals surface area (Å²) >= 11 is 1.72. The molecule has 2 unspecified atom stereocenters. The summed E-state index contributed by atoms with van der Waals surface area (Å²) in [6.45, 7) is 2.46. The molecule has 2 atom stereocenters. The maximum atomic E-state index is 13.7.